The average molecular weight is 397 g/mol. The van der Waals surface area contributed by atoms with E-state index in [-0.39, 0.29) is 16.4 Å². The number of carbonyl (C=O) groups excluding carboxylic acids is 1. The standard InChI is InChI=1S/C17H12ClF3N4O2/c1-9-6-15(25-27-9)24-14-7-10(4-5-22-14)16(26)23-13-3-2-11(18)8-12(13)17(19,20)21/h2-8H,1H3,(H,23,26)(H,22,24,25). The average Bonchev–Trinajstić information content (AvgIpc) is 3.00. The van der Waals surface area contributed by atoms with Gasteiger partial charge in [0.05, 0.1) is 11.3 Å². The third-order valence-corrected chi connectivity index (χ3v) is 3.68. The first-order valence-corrected chi connectivity index (χ1v) is 7.94. The number of carbonyl (C=O) groups is 1. The number of halogens is 4. The fourth-order valence-corrected chi connectivity index (χ4v) is 2.42. The van der Waals surface area contributed by atoms with Gasteiger partial charge in [-0.1, -0.05) is 16.8 Å². The molecule has 0 fully saturated rings. The van der Waals surface area contributed by atoms with Crippen LogP contribution in [0.4, 0.5) is 30.5 Å². The van der Waals surface area contributed by atoms with Crippen LogP contribution in [0, 0.1) is 6.92 Å². The van der Waals surface area contributed by atoms with Gasteiger partial charge in [0, 0.05) is 22.8 Å². The Labute approximate surface area is 156 Å². The third kappa shape index (κ3) is 4.56. The van der Waals surface area contributed by atoms with E-state index in [1.165, 1.54) is 24.4 Å². The lowest BCUT2D eigenvalue weighted by atomic mass is 10.1. The molecule has 0 unspecified atom stereocenters. The molecule has 140 valence electrons. The van der Waals surface area contributed by atoms with Crippen LogP contribution in [0.25, 0.3) is 0 Å². The van der Waals surface area contributed by atoms with E-state index in [1.54, 1.807) is 13.0 Å². The van der Waals surface area contributed by atoms with Crippen molar-refractivity contribution in [2.24, 2.45) is 0 Å². The van der Waals surface area contributed by atoms with Crippen LogP contribution in [0.1, 0.15) is 21.7 Å². The molecular weight excluding hydrogens is 385 g/mol. The zero-order chi connectivity index (χ0) is 19.6. The number of aryl methyl sites for hydroxylation is 1. The number of anilines is 3. The van der Waals surface area contributed by atoms with Gasteiger partial charge in [0.25, 0.3) is 5.91 Å². The highest BCUT2D eigenvalue weighted by Gasteiger charge is 2.34. The molecule has 3 aromatic rings. The molecule has 27 heavy (non-hydrogen) atoms. The van der Waals surface area contributed by atoms with Gasteiger partial charge in [-0.2, -0.15) is 13.2 Å². The third-order valence-electron chi connectivity index (χ3n) is 3.44. The Morgan fingerprint density at radius 1 is 1.15 bits per heavy atom. The molecular formula is C17H12ClF3N4O2. The molecule has 1 aromatic carbocycles. The van der Waals surface area contributed by atoms with E-state index in [1.807, 2.05) is 0 Å². The number of rotatable bonds is 4. The number of hydrogen-bond acceptors (Lipinski definition) is 5. The van der Waals surface area contributed by atoms with Gasteiger partial charge < -0.3 is 15.2 Å². The quantitative estimate of drug-likeness (QED) is 0.645. The second kappa shape index (κ2) is 7.28. The molecule has 0 saturated carbocycles. The van der Waals surface area contributed by atoms with E-state index in [0.717, 1.165) is 12.1 Å². The lowest BCUT2D eigenvalue weighted by molar-refractivity contribution is -0.136. The van der Waals surface area contributed by atoms with Crippen molar-refractivity contribution in [2.45, 2.75) is 13.1 Å². The number of aromatic nitrogens is 2. The minimum atomic E-state index is -4.66. The van der Waals surface area contributed by atoms with Crippen molar-refractivity contribution < 1.29 is 22.5 Å². The van der Waals surface area contributed by atoms with Crippen molar-refractivity contribution in [3.63, 3.8) is 0 Å². The van der Waals surface area contributed by atoms with Crippen molar-refractivity contribution in [1.82, 2.24) is 10.1 Å². The number of pyridine rings is 1. The van der Waals surface area contributed by atoms with E-state index in [9.17, 15) is 18.0 Å². The zero-order valence-electron chi connectivity index (χ0n) is 13.8. The summed E-state index contributed by atoms with van der Waals surface area (Å²) in [6.45, 7) is 1.71. The maximum Gasteiger partial charge on any atom is 0.418 e. The van der Waals surface area contributed by atoms with Crippen LogP contribution in [0.3, 0.4) is 0 Å². The fraction of sp³-hybridized carbons (Fsp3) is 0.118. The SMILES string of the molecule is Cc1cc(Nc2cc(C(=O)Nc3ccc(Cl)cc3C(F)(F)F)ccn2)no1. The van der Waals surface area contributed by atoms with Gasteiger partial charge in [-0.15, -0.1) is 0 Å². The predicted molar refractivity (Wildman–Crippen MR) is 93.2 cm³/mol. The van der Waals surface area contributed by atoms with E-state index in [2.05, 4.69) is 20.8 Å². The maximum absolute atomic E-state index is 13.1. The molecule has 2 heterocycles. The highest BCUT2D eigenvalue weighted by Crippen LogP contribution is 2.36. The van der Waals surface area contributed by atoms with Crippen LogP contribution in [0.5, 0.6) is 0 Å². The lowest BCUT2D eigenvalue weighted by Gasteiger charge is -2.14. The summed E-state index contributed by atoms with van der Waals surface area (Å²) >= 11 is 5.63. The number of hydrogen-bond donors (Lipinski definition) is 2. The minimum absolute atomic E-state index is 0.0846. The Kier molecular flexibility index (Phi) is 5.04. The molecule has 0 saturated heterocycles. The van der Waals surface area contributed by atoms with Gasteiger partial charge in [0.1, 0.15) is 11.6 Å². The molecule has 0 atom stereocenters. The van der Waals surface area contributed by atoms with Crippen molar-refractivity contribution in [3.05, 3.63) is 64.5 Å². The summed E-state index contributed by atoms with van der Waals surface area (Å²) in [6, 6.07) is 7.49. The van der Waals surface area contributed by atoms with Crippen LogP contribution in [-0.4, -0.2) is 16.0 Å². The molecule has 3 rings (SSSR count). The van der Waals surface area contributed by atoms with Crippen molar-refractivity contribution in [3.8, 4) is 0 Å². The van der Waals surface area contributed by atoms with Gasteiger partial charge >= 0.3 is 6.18 Å². The molecule has 0 aliphatic carbocycles. The smallest absolute Gasteiger partial charge is 0.360 e. The maximum atomic E-state index is 13.1. The van der Waals surface area contributed by atoms with Gasteiger partial charge in [0.15, 0.2) is 5.82 Å². The first-order chi connectivity index (χ1) is 12.7. The van der Waals surface area contributed by atoms with Gasteiger partial charge in [-0.05, 0) is 37.3 Å². The number of alkyl halides is 3. The number of benzene rings is 1. The largest absolute Gasteiger partial charge is 0.418 e. The van der Waals surface area contributed by atoms with E-state index in [4.69, 9.17) is 16.1 Å². The highest BCUT2D eigenvalue weighted by molar-refractivity contribution is 6.30. The first kappa shape index (κ1) is 18.7. The lowest BCUT2D eigenvalue weighted by Crippen LogP contribution is -2.17. The van der Waals surface area contributed by atoms with E-state index >= 15 is 0 Å². The molecule has 2 N–H and O–H groups in total. The van der Waals surface area contributed by atoms with Crippen LogP contribution in [0.2, 0.25) is 5.02 Å². The molecule has 0 aliphatic heterocycles. The summed E-state index contributed by atoms with van der Waals surface area (Å²) in [7, 11) is 0. The molecule has 0 radical (unpaired) electrons. The summed E-state index contributed by atoms with van der Waals surface area (Å²) in [6.07, 6.45) is -3.32. The van der Waals surface area contributed by atoms with E-state index in [0.29, 0.717) is 11.6 Å². The molecule has 2 aromatic heterocycles. The Bertz CT molecular complexity index is 988. The van der Waals surface area contributed by atoms with Gasteiger partial charge in [0.2, 0.25) is 0 Å². The molecule has 10 heteroatoms. The van der Waals surface area contributed by atoms with Crippen LogP contribution in [0.15, 0.2) is 47.1 Å². The first-order valence-electron chi connectivity index (χ1n) is 7.57. The van der Waals surface area contributed by atoms with E-state index < -0.39 is 23.3 Å². The Morgan fingerprint density at radius 2 is 1.93 bits per heavy atom. The van der Waals surface area contributed by atoms with Crippen molar-refractivity contribution in [2.75, 3.05) is 10.6 Å². The predicted octanol–water partition coefficient (Wildman–Crippen LogP) is 5.05. The number of nitrogens with zero attached hydrogens (tertiary/aromatic N) is 2. The van der Waals surface area contributed by atoms with Gasteiger partial charge in [-0.3, -0.25) is 4.79 Å². The normalized spacial score (nSPS) is 11.3. The summed E-state index contributed by atoms with van der Waals surface area (Å²) in [5, 5.41) is 8.73. The fourth-order valence-electron chi connectivity index (χ4n) is 2.25. The summed E-state index contributed by atoms with van der Waals surface area (Å²) in [5.74, 6) is 0.510. The van der Waals surface area contributed by atoms with Crippen LogP contribution >= 0.6 is 11.6 Å². The minimum Gasteiger partial charge on any atom is -0.360 e. The van der Waals surface area contributed by atoms with Crippen molar-refractivity contribution >= 4 is 34.8 Å². The molecule has 6 nitrogen and oxygen atoms in total. The number of amides is 1. The highest BCUT2D eigenvalue weighted by atomic mass is 35.5. The number of nitrogens with one attached hydrogen (secondary N) is 2. The Hall–Kier alpha value is -3.07. The zero-order valence-corrected chi connectivity index (χ0v) is 14.5. The second-order valence-corrected chi connectivity index (χ2v) is 5.96. The second-order valence-electron chi connectivity index (χ2n) is 5.52. The summed E-state index contributed by atoms with van der Waals surface area (Å²) in [5.41, 5.74) is -1.32. The summed E-state index contributed by atoms with van der Waals surface area (Å²) in [4.78, 5) is 16.4. The molecule has 0 aliphatic rings. The summed E-state index contributed by atoms with van der Waals surface area (Å²) < 4.78 is 44.3. The van der Waals surface area contributed by atoms with Crippen LogP contribution < -0.4 is 10.6 Å². The molecule has 0 spiro atoms. The molecule has 0 bridgehead atoms. The Balaban J connectivity index is 1.82. The van der Waals surface area contributed by atoms with Gasteiger partial charge in [-0.25, -0.2) is 4.98 Å². The van der Waals surface area contributed by atoms with Crippen molar-refractivity contribution in [1.29, 1.82) is 0 Å². The Morgan fingerprint density at radius 3 is 2.59 bits per heavy atom. The molecule has 1 amide bonds. The monoisotopic (exact) mass is 396 g/mol. The topological polar surface area (TPSA) is 80.0 Å². The van der Waals surface area contributed by atoms with Crippen LogP contribution in [-0.2, 0) is 6.18 Å².